The standard InChI is InChI=1S/C22H25N3O3/c1-27-20-8-6-18(7-9-20)17-4-2-16(3-5-17)14-19(15-23)25-21(26)22(24)10-12-28-13-11-22/h2-9,19H,10-14,24H2,1H3,(H,25,26). The van der Waals surface area contributed by atoms with Gasteiger partial charge in [-0.25, -0.2) is 0 Å². The van der Waals surface area contributed by atoms with E-state index in [-0.39, 0.29) is 5.91 Å². The molecule has 1 aliphatic heterocycles. The highest BCUT2D eigenvalue weighted by Crippen LogP contribution is 2.23. The first-order valence-electron chi connectivity index (χ1n) is 9.35. The Morgan fingerprint density at radius 1 is 1.18 bits per heavy atom. The number of nitrogens with one attached hydrogen (secondary N) is 1. The first-order valence-corrected chi connectivity index (χ1v) is 9.35. The Labute approximate surface area is 165 Å². The van der Waals surface area contributed by atoms with Crippen LogP contribution in [0.4, 0.5) is 0 Å². The van der Waals surface area contributed by atoms with Gasteiger partial charge in [0.15, 0.2) is 0 Å². The zero-order chi connectivity index (χ0) is 20.0. The number of rotatable bonds is 6. The summed E-state index contributed by atoms with van der Waals surface area (Å²) in [5.74, 6) is 0.535. The van der Waals surface area contributed by atoms with Crippen LogP contribution >= 0.6 is 0 Å². The van der Waals surface area contributed by atoms with Crippen molar-refractivity contribution in [2.45, 2.75) is 30.8 Å². The third-order valence-electron chi connectivity index (χ3n) is 5.12. The molecular weight excluding hydrogens is 354 g/mol. The maximum absolute atomic E-state index is 12.5. The second-order valence-corrected chi connectivity index (χ2v) is 7.05. The number of carbonyl (C=O) groups excluding carboxylic acids is 1. The van der Waals surface area contributed by atoms with Crippen LogP contribution in [0.3, 0.4) is 0 Å². The summed E-state index contributed by atoms with van der Waals surface area (Å²) in [5, 5.41) is 12.2. The van der Waals surface area contributed by atoms with Crippen LogP contribution in [0.2, 0.25) is 0 Å². The molecule has 28 heavy (non-hydrogen) atoms. The Hall–Kier alpha value is -2.88. The van der Waals surface area contributed by atoms with Gasteiger partial charge in [0.1, 0.15) is 11.8 Å². The Morgan fingerprint density at radius 2 is 1.75 bits per heavy atom. The first-order chi connectivity index (χ1) is 13.5. The van der Waals surface area contributed by atoms with E-state index in [0.717, 1.165) is 22.4 Å². The number of methoxy groups -OCH3 is 1. The van der Waals surface area contributed by atoms with Gasteiger partial charge in [-0.05, 0) is 41.7 Å². The summed E-state index contributed by atoms with van der Waals surface area (Å²) < 4.78 is 10.5. The van der Waals surface area contributed by atoms with Gasteiger partial charge in [0.25, 0.3) is 0 Å². The number of nitrogens with two attached hydrogens (primary N) is 1. The Balaban J connectivity index is 1.63. The molecule has 1 heterocycles. The van der Waals surface area contributed by atoms with Gasteiger partial charge < -0.3 is 20.5 Å². The van der Waals surface area contributed by atoms with Crippen molar-refractivity contribution >= 4 is 5.91 Å². The van der Waals surface area contributed by atoms with E-state index in [1.54, 1.807) is 7.11 Å². The van der Waals surface area contributed by atoms with Gasteiger partial charge in [-0.2, -0.15) is 5.26 Å². The molecule has 1 aliphatic rings. The zero-order valence-electron chi connectivity index (χ0n) is 16.0. The van der Waals surface area contributed by atoms with Crippen LogP contribution in [0, 0.1) is 11.3 Å². The Bertz CT molecular complexity index is 835. The second-order valence-electron chi connectivity index (χ2n) is 7.05. The lowest BCUT2D eigenvalue weighted by Crippen LogP contribution is -2.58. The minimum absolute atomic E-state index is 0.280. The number of hydrogen-bond acceptors (Lipinski definition) is 5. The lowest BCUT2D eigenvalue weighted by molar-refractivity contribution is -0.130. The average Bonchev–Trinajstić information content (AvgIpc) is 2.74. The van der Waals surface area contributed by atoms with Gasteiger partial charge in [0, 0.05) is 19.6 Å². The molecule has 0 bridgehead atoms. The molecule has 0 saturated carbocycles. The fourth-order valence-corrected chi connectivity index (χ4v) is 3.25. The van der Waals surface area contributed by atoms with E-state index in [2.05, 4.69) is 11.4 Å². The highest BCUT2D eigenvalue weighted by atomic mass is 16.5. The van der Waals surface area contributed by atoms with Crippen LogP contribution in [-0.4, -0.2) is 37.8 Å². The third-order valence-corrected chi connectivity index (χ3v) is 5.12. The summed E-state index contributed by atoms with van der Waals surface area (Å²) in [6.45, 7) is 0.932. The van der Waals surface area contributed by atoms with Crippen molar-refractivity contribution in [3.8, 4) is 22.9 Å². The van der Waals surface area contributed by atoms with Crippen molar-refractivity contribution in [3.63, 3.8) is 0 Å². The summed E-state index contributed by atoms with van der Waals surface area (Å²) in [6.07, 6.45) is 1.36. The molecule has 0 aliphatic carbocycles. The minimum Gasteiger partial charge on any atom is -0.497 e. The van der Waals surface area contributed by atoms with E-state index >= 15 is 0 Å². The van der Waals surface area contributed by atoms with Gasteiger partial charge >= 0.3 is 0 Å². The maximum atomic E-state index is 12.5. The van der Waals surface area contributed by atoms with E-state index < -0.39 is 11.6 Å². The quantitative estimate of drug-likeness (QED) is 0.803. The molecule has 146 valence electrons. The fraction of sp³-hybridized carbons (Fsp3) is 0.364. The summed E-state index contributed by atoms with van der Waals surface area (Å²) >= 11 is 0. The molecule has 0 aromatic heterocycles. The average molecular weight is 379 g/mol. The van der Waals surface area contributed by atoms with Gasteiger partial charge in [-0.15, -0.1) is 0 Å². The molecule has 1 unspecified atom stereocenters. The van der Waals surface area contributed by atoms with Crippen molar-refractivity contribution in [1.82, 2.24) is 5.32 Å². The molecule has 3 rings (SSSR count). The van der Waals surface area contributed by atoms with Gasteiger partial charge in [0.2, 0.25) is 5.91 Å². The molecule has 0 spiro atoms. The molecule has 1 saturated heterocycles. The Kier molecular flexibility index (Phi) is 6.30. The number of nitriles is 1. The number of nitrogens with zero attached hydrogens (tertiary/aromatic N) is 1. The Morgan fingerprint density at radius 3 is 2.29 bits per heavy atom. The summed E-state index contributed by atoms with van der Waals surface area (Å²) in [7, 11) is 1.64. The molecule has 2 aromatic carbocycles. The smallest absolute Gasteiger partial charge is 0.241 e. The van der Waals surface area contributed by atoms with Crippen molar-refractivity contribution < 1.29 is 14.3 Å². The van der Waals surface area contributed by atoms with Crippen LogP contribution in [0.25, 0.3) is 11.1 Å². The van der Waals surface area contributed by atoms with E-state index in [9.17, 15) is 10.1 Å². The van der Waals surface area contributed by atoms with Crippen LogP contribution < -0.4 is 15.8 Å². The molecule has 0 radical (unpaired) electrons. The zero-order valence-corrected chi connectivity index (χ0v) is 16.0. The number of amides is 1. The van der Waals surface area contributed by atoms with Crippen LogP contribution in [0.15, 0.2) is 48.5 Å². The number of ether oxygens (including phenoxy) is 2. The van der Waals surface area contributed by atoms with Gasteiger partial charge in [0.05, 0.1) is 18.7 Å². The van der Waals surface area contributed by atoms with Crippen molar-refractivity contribution in [2.75, 3.05) is 20.3 Å². The van der Waals surface area contributed by atoms with Crippen LogP contribution in [0.5, 0.6) is 5.75 Å². The van der Waals surface area contributed by atoms with E-state index in [1.807, 2.05) is 48.5 Å². The normalized spacial score (nSPS) is 16.6. The molecule has 1 fully saturated rings. The highest BCUT2D eigenvalue weighted by molar-refractivity contribution is 5.86. The molecule has 6 nitrogen and oxygen atoms in total. The van der Waals surface area contributed by atoms with E-state index in [1.165, 1.54) is 0 Å². The van der Waals surface area contributed by atoms with Gasteiger partial charge in [-0.1, -0.05) is 36.4 Å². The SMILES string of the molecule is COc1ccc(-c2ccc(CC(C#N)NC(=O)C3(N)CCOCC3)cc2)cc1. The monoisotopic (exact) mass is 379 g/mol. The first kappa shape index (κ1) is 19.9. The summed E-state index contributed by atoms with van der Waals surface area (Å²) in [6, 6.07) is 17.4. The van der Waals surface area contributed by atoms with E-state index in [0.29, 0.717) is 32.5 Å². The minimum atomic E-state index is -0.953. The van der Waals surface area contributed by atoms with Crippen LogP contribution in [0.1, 0.15) is 18.4 Å². The number of carbonyl (C=O) groups is 1. The molecule has 3 N–H and O–H groups in total. The predicted octanol–water partition coefficient (Wildman–Crippen LogP) is 2.42. The molecular formula is C22H25N3O3. The summed E-state index contributed by atoms with van der Waals surface area (Å²) in [5.41, 5.74) is 8.38. The number of hydrogen-bond donors (Lipinski definition) is 2. The topological polar surface area (TPSA) is 97.4 Å². The van der Waals surface area contributed by atoms with Crippen molar-refractivity contribution in [3.05, 3.63) is 54.1 Å². The lowest BCUT2D eigenvalue weighted by atomic mass is 9.90. The molecule has 1 amide bonds. The fourth-order valence-electron chi connectivity index (χ4n) is 3.25. The van der Waals surface area contributed by atoms with Gasteiger partial charge in [-0.3, -0.25) is 4.79 Å². The molecule has 1 atom stereocenters. The largest absolute Gasteiger partial charge is 0.497 e. The van der Waals surface area contributed by atoms with Crippen molar-refractivity contribution in [2.24, 2.45) is 5.73 Å². The maximum Gasteiger partial charge on any atom is 0.241 e. The van der Waals surface area contributed by atoms with Crippen LogP contribution in [-0.2, 0) is 16.0 Å². The third kappa shape index (κ3) is 4.69. The number of benzene rings is 2. The molecule has 2 aromatic rings. The van der Waals surface area contributed by atoms with E-state index in [4.69, 9.17) is 15.2 Å². The predicted molar refractivity (Wildman–Crippen MR) is 107 cm³/mol. The lowest BCUT2D eigenvalue weighted by Gasteiger charge is -2.32. The summed E-state index contributed by atoms with van der Waals surface area (Å²) in [4.78, 5) is 12.5. The second kappa shape index (κ2) is 8.87. The highest BCUT2D eigenvalue weighted by Gasteiger charge is 2.36. The van der Waals surface area contributed by atoms with Crippen molar-refractivity contribution in [1.29, 1.82) is 5.26 Å². The molecule has 6 heteroatoms.